The van der Waals surface area contributed by atoms with Crippen LogP contribution in [0, 0.1) is 0 Å². The molecule has 1 aromatic heterocycles. The van der Waals surface area contributed by atoms with E-state index < -0.39 is 0 Å². The van der Waals surface area contributed by atoms with E-state index in [0.29, 0.717) is 27.4 Å². The molecule has 1 aliphatic heterocycles. The van der Waals surface area contributed by atoms with Crippen molar-refractivity contribution in [1.82, 2.24) is 4.98 Å². The number of carbonyl (C=O) groups excluding carboxylic acids is 1. The van der Waals surface area contributed by atoms with E-state index in [1.54, 1.807) is 24.3 Å². The largest absolute Gasteiger partial charge is 0.505 e. The Morgan fingerprint density at radius 3 is 2.76 bits per heavy atom. The van der Waals surface area contributed by atoms with E-state index in [1.165, 1.54) is 0 Å². The molecule has 0 saturated heterocycles. The number of Topliss-reactive ketones (excluding diaryl/α,β-unsaturated/α-hetero) is 1. The first-order valence-electron chi connectivity index (χ1n) is 6.38. The molecule has 0 fully saturated rings. The van der Waals surface area contributed by atoms with E-state index in [4.69, 9.17) is 11.6 Å². The lowest BCUT2D eigenvalue weighted by Gasteiger charge is -1.97. The Balaban J connectivity index is 1.93. The zero-order valence-electron chi connectivity index (χ0n) is 10.7. The quantitative estimate of drug-likeness (QED) is 0.716. The third-order valence-corrected chi connectivity index (χ3v) is 3.80. The van der Waals surface area contributed by atoms with Gasteiger partial charge in [0.05, 0.1) is 11.3 Å². The van der Waals surface area contributed by atoms with E-state index in [2.05, 4.69) is 9.98 Å². The number of aromatic nitrogens is 1. The first-order valence-corrected chi connectivity index (χ1v) is 6.76. The van der Waals surface area contributed by atoms with E-state index in [1.807, 2.05) is 18.2 Å². The summed E-state index contributed by atoms with van der Waals surface area (Å²) >= 11 is 5.92. The third-order valence-electron chi connectivity index (χ3n) is 3.57. The molecule has 0 atom stereocenters. The number of ketones is 1. The maximum absolute atomic E-state index is 12.4. The molecule has 0 saturated carbocycles. The number of benzene rings is 2. The summed E-state index contributed by atoms with van der Waals surface area (Å²) in [4.78, 5) is 19.8. The Hall–Kier alpha value is -2.59. The summed E-state index contributed by atoms with van der Waals surface area (Å²) in [6.07, 6.45) is 0. The van der Waals surface area contributed by atoms with E-state index in [0.717, 1.165) is 5.52 Å². The van der Waals surface area contributed by atoms with Crippen molar-refractivity contribution in [2.24, 2.45) is 4.99 Å². The van der Waals surface area contributed by atoms with Crippen LogP contribution in [0.5, 0.6) is 5.75 Å². The number of aromatic hydroxyl groups is 1. The molecule has 0 bridgehead atoms. The minimum absolute atomic E-state index is 0.0385. The Morgan fingerprint density at radius 2 is 1.95 bits per heavy atom. The van der Waals surface area contributed by atoms with Crippen LogP contribution in [-0.4, -0.2) is 21.6 Å². The van der Waals surface area contributed by atoms with Crippen LogP contribution in [0.15, 0.2) is 47.5 Å². The van der Waals surface area contributed by atoms with Crippen molar-refractivity contribution in [3.63, 3.8) is 0 Å². The molecule has 0 unspecified atom stereocenters. The van der Waals surface area contributed by atoms with E-state index in [9.17, 15) is 9.90 Å². The summed E-state index contributed by atoms with van der Waals surface area (Å²) in [7, 11) is 0. The summed E-state index contributed by atoms with van der Waals surface area (Å²) in [6, 6.07) is 12.2. The SMILES string of the molecule is O=C1C(c2[nH]c3ccccc3c2O)=Nc2cc(Cl)ccc21. The standard InChI is InChI=1S/C16H9ClN2O2/c17-8-5-6-10-12(7-8)19-14(16(10)21)13-15(20)9-3-1-2-4-11(9)18-13/h1-7,18,20H. The average Bonchev–Trinajstić information content (AvgIpc) is 2.97. The highest BCUT2D eigenvalue weighted by atomic mass is 35.5. The number of aromatic amines is 1. The van der Waals surface area contributed by atoms with Gasteiger partial charge in [0, 0.05) is 15.9 Å². The van der Waals surface area contributed by atoms with Crippen molar-refractivity contribution in [3.05, 3.63) is 58.7 Å². The number of para-hydroxylation sites is 1. The molecule has 102 valence electrons. The van der Waals surface area contributed by atoms with Crippen LogP contribution in [0.4, 0.5) is 5.69 Å². The van der Waals surface area contributed by atoms with Gasteiger partial charge in [0.2, 0.25) is 5.78 Å². The van der Waals surface area contributed by atoms with Crippen molar-refractivity contribution in [3.8, 4) is 5.75 Å². The molecule has 3 aromatic rings. The predicted octanol–water partition coefficient (Wildman–Crippen LogP) is 3.84. The number of rotatable bonds is 1. The minimum atomic E-state index is -0.219. The molecule has 2 heterocycles. The van der Waals surface area contributed by atoms with Gasteiger partial charge in [-0.15, -0.1) is 0 Å². The number of nitrogens with one attached hydrogen (secondary N) is 1. The molecule has 2 aromatic carbocycles. The molecule has 0 aliphatic carbocycles. The van der Waals surface area contributed by atoms with Crippen LogP contribution < -0.4 is 0 Å². The lowest BCUT2D eigenvalue weighted by Crippen LogP contribution is -2.11. The molecule has 4 nitrogen and oxygen atoms in total. The van der Waals surface area contributed by atoms with Gasteiger partial charge < -0.3 is 10.1 Å². The van der Waals surface area contributed by atoms with Gasteiger partial charge in [0.1, 0.15) is 11.4 Å². The highest BCUT2D eigenvalue weighted by Gasteiger charge is 2.29. The summed E-state index contributed by atoms with van der Waals surface area (Å²) in [5.74, 6) is -0.180. The lowest BCUT2D eigenvalue weighted by molar-refractivity contribution is 0.107. The van der Waals surface area contributed by atoms with Crippen molar-refractivity contribution in [2.75, 3.05) is 0 Å². The number of carbonyl (C=O) groups is 1. The Bertz CT molecular complexity index is 941. The van der Waals surface area contributed by atoms with Gasteiger partial charge in [-0.1, -0.05) is 23.7 Å². The van der Waals surface area contributed by atoms with Gasteiger partial charge in [0.25, 0.3) is 0 Å². The van der Waals surface area contributed by atoms with Crippen LogP contribution in [-0.2, 0) is 0 Å². The number of hydrogen-bond acceptors (Lipinski definition) is 3. The second-order valence-electron chi connectivity index (χ2n) is 4.85. The first kappa shape index (κ1) is 12.2. The highest BCUT2D eigenvalue weighted by Crippen LogP contribution is 2.35. The van der Waals surface area contributed by atoms with E-state index in [-0.39, 0.29) is 17.2 Å². The molecular formula is C16H9ClN2O2. The molecule has 0 spiro atoms. The van der Waals surface area contributed by atoms with Crippen LogP contribution in [0.25, 0.3) is 10.9 Å². The first-order chi connectivity index (χ1) is 10.1. The van der Waals surface area contributed by atoms with Crippen LogP contribution in [0.2, 0.25) is 5.02 Å². The van der Waals surface area contributed by atoms with Crippen LogP contribution >= 0.6 is 11.6 Å². The fourth-order valence-corrected chi connectivity index (χ4v) is 2.72. The summed E-state index contributed by atoms with van der Waals surface area (Å²) < 4.78 is 0. The Labute approximate surface area is 124 Å². The molecule has 2 N–H and O–H groups in total. The fourth-order valence-electron chi connectivity index (χ4n) is 2.56. The summed E-state index contributed by atoms with van der Waals surface area (Å²) in [5.41, 5.74) is 2.33. The number of H-pyrrole nitrogens is 1. The van der Waals surface area contributed by atoms with Crippen molar-refractivity contribution >= 4 is 39.7 Å². The molecular weight excluding hydrogens is 288 g/mol. The lowest BCUT2D eigenvalue weighted by atomic mass is 10.1. The van der Waals surface area contributed by atoms with E-state index >= 15 is 0 Å². The molecule has 0 radical (unpaired) electrons. The van der Waals surface area contributed by atoms with Gasteiger partial charge in [-0.05, 0) is 30.3 Å². The predicted molar refractivity (Wildman–Crippen MR) is 81.9 cm³/mol. The van der Waals surface area contributed by atoms with Crippen molar-refractivity contribution in [1.29, 1.82) is 0 Å². The normalized spacial score (nSPS) is 13.6. The Kier molecular flexibility index (Phi) is 2.43. The molecule has 0 amide bonds. The maximum Gasteiger partial charge on any atom is 0.215 e. The third kappa shape index (κ3) is 1.69. The number of fused-ring (bicyclic) bond motifs is 2. The second kappa shape index (κ2) is 4.20. The highest BCUT2D eigenvalue weighted by molar-refractivity contribution is 6.55. The number of halogens is 1. The number of aliphatic imine (C=N–C) groups is 1. The minimum Gasteiger partial charge on any atom is -0.505 e. The monoisotopic (exact) mass is 296 g/mol. The number of nitrogens with zero attached hydrogens (tertiary/aromatic N) is 1. The molecule has 5 heteroatoms. The Morgan fingerprint density at radius 1 is 1.14 bits per heavy atom. The van der Waals surface area contributed by atoms with Crippen molar-refractivity contribution in [2.45, 2.75) is 0 Å². The number of hydrogen-bond donors (Lipinski definition) is 2. The van der Waals surface area contributed by atoms with Gasteiger partial charge in [-0.2, -0.15) is 0 Å². The molecule has 4 rings (SSSR count). The van der Waals surface area contributed by atoms with Gasteiger partial charge >= 0.3 is 0 Å². The smallest absolute Gasteiger partial charge is 0.215 e. The average molecular weight is 297 g/mol. The molecule has 21 heavy (non-hydrogen) atoms. The summed E-state index contributed by atoms with van der Waals surface area (Å²) in [6.45, 7) is 0. The topological polar surface area (TPSA) is 65.5 Å². The van der Waals surface area contributed by atoms with Crippen molar-refractivity contribution < 1.29 is 9.90 Å². The zero-order chi connectivity index (χ0) is 14.6. The van der Waals surface area contributed by atoms with Gasteiger partial charge in [-0.25, -0.2) is 4.99 Å². The fraction of sp³-hybridized carbons (Fsp3) is 0. The van der Waals surface area contributed by atoms with Crippen LogP contribution in [0.3, 0.4) is 0 Å². The van der Waals surface area contributed by atoms with Crippen LogP contribution in [0.1, 0.15) is 16.1 Å². The zero-order valence-corrected chi connectivity index (χ0v) is 11.5. The second-order valence-corrected chi connectivity index (χ2v) is 5.28. The summed E-state index contributed by atoms with van der Waals surface area (Å²) in [5, 5.41) is 11.5. The van der Waals surface area contributed by atoms with Gasteiger partial charge in [-0.3, -0.25) is 4.79 Å². The molecule has 1 aliphatic rings. The maximum atomic E-state index is 12.4. The van der Waals surface area contributed by atoms with Gasteiger partial charge in [0.15, 0.2) is 5.75 Å².